The fourth-order valence-corrected chi connectivity index (χ4v) is 3.67. The Labute approximate surface area is 124 Å². The summed E-state index contributed by atoms with van der Waals surface area (Å²) in [6.07, 6.45) is 3.61. The average Bonchev–Trinajstić information content (AvgIpc) is 2.76. The van der Waals surface area contributed by atoms with Crippen LogP contribution in [0.15, 0.2) is 42.7 Å². The second kappa shape index (κ2) is 5.10. The van der Waals surface area contributed by atoms with E-state index in [0.29, 0.717) is 8.67 Å². The van der Waals surface area contributed by atoms with Crippen LogP contribution in [0.4, 0.5) is 0 Å². The number of hydrogen-bond donors (Lipinski definition) is 1. The van der Waals surface area contributed by atoms with Crippen LogP contribution < -0.4 is 5.73 Å². The minimum Gasteiger partial charge on any atom is -0.320 e. The summed E-state index contributed by atoms with van der Waals surface area (Å²) in [6, 6.07) is 9.51. The SMILES string of the molecule is NC(c1cc(Cl)sc1Cl)c1cncc2ccccc12. The first-order valence-corrected chi connectivity index (χ1v) is 7.27. The van der Waals surface area contributed by atoms with E-state index in [1.165, 1.54) is 11.3 Å². The van der Waals surface area contributed by atoms with Crippen molar-refractivity contribution >= 4 is 45.3 Å². The van der Waals surface area contributed by atoms with Crippen LogP contribution in [0.5, 0.6) is 0 Å². The fraction of sp³-hybridized carbons (Fsp3) is 0.0714. The quantitative estimate of drug-likeness (QED) is 0.748. The summed E-state index contributed by atoms with van der Waals surface area (Å²) < 4.78 is 1.27. The lowest BCUT2D eigenvalue weighted by Gasteiger charge is -2.13. The average molecular weight is 309 g/mol. The van der Waals surface area contributed by atoms with Gasteiger partial charge in [-0.2, -0.15) is 0 Å². The number of benzene rings is 1. The molecule has 19 heavy (non-hydrogen) atoms. The Hall–Kier alpha value is -1.13. The minimum absolute atomic E-state index is 0.324. The second-order valence-electron chi connectivity index (χ2n) is 4.21. The maximum absolute atomic E-state index is 6.32. The molecule has 2 N–H and O–H groups in total. The minimum atomic E-state index is -0.324. The van der Waals surface area contributed by atoms with Crippen LogP contribution in [0.1, 0.15) is 17.2 Å². The zero-order chi connectivity index (χ0) is 13.4. The lowest BCUT2D eigenvalue weighted by molar-refractivity contribution is 0.879. The van der Waals surface area contributed by atoms with Crippen molar-refractivity contribution in [3.8, 4) is 0 Å². The fourth-order valence-electron chi connectivity index (χ4n) is 2.12. The van der Waals surface area contributed by atoms with Crippen LogP contribution in [0, 0.1) is 0 Å². The van der Waals surface area contributed by atoms with E-state index in [9.17, 15) is 0 Å². The molecule has 3 aromatic rings. The Bertz CT molecular complexity index is 734. The molecule has 96 valence electrons. The van der Waals surface area contributed by atoms with Gasteiger partial charge in [0, 0.05) is 23.3 Å². The Morgan fingerprint density at radius 2 is 1.89 bits per heavy atom. The molecule has 0 radical (unpaired) electrons. The van der Waals surface area contributed by atoms with E-state index in [1.54, 1.807) is 6.20 Å². The Balaban J connectivity index is 2.16. The summed E-state index contributed by atoms with van der Waals surface area (Å²) in [5.41, 5.74) is 8.12. The first kappa shape index (κ1) is 12.9. The summed E-state index contributed by atoms with van der Waals surface area (Å²) in [7, 11) is 0. The smallest absolute Gasteiger partial charge is 0.0995 e. The van der Waals surface area contributed by atoms with Crippen molar-refractivity contribution in [3.63, 3.8) is 0 Å². The van der Waals surface area contributed by atoms with E-state index in [1.807, 2.05) is 36.5 Å². The van der Waals surface area contributed by atoms with Gasteiger partial charge in [-0.25, -0.2) is 0 Å². The predicted molar refractivity (Wildman–Crippen MR) is 82.1 cm³/mol. The van der Waals surface area contributed by atoms with Crippen molar-refractivity contribution < 1.29 is 0 Å². The second-order valence-corrected chi connectivity index (χ2v) is 6.49. The number of hydrogen-bond acceptors (Lipinski definition) is 3. The van der Waals surface area contributed by atoms with Gasteiger partial charge in [-0.3, -0.25) is 4.98 Å². The molecule has 1 atom stereocenters. The number of rotatable bonds is 2. The van der Waals surface area contributed by atoms with Crippen molar-refractivity contribution in [2.45, 2.75) is 6.04 Å². The van der Waals surface area contributed by atoms with E-state index in [-0.39, 0.29) is 6.04 Å². The number of aromatic nitrogens is 1. The molecule has 0 aliphatic heterocycles. The Kier molecular flexibility index (Phi) is 3.46. The largest absolute Gasteiger partial charge is 0.320 e. The molecule has 0 saturated carbocycles. The molecule has 0 bridgehead atoms. The molecule has 2 aromatic heterocycles. The molecule has 3 rings (SSSR count). The van der Waals surface area contributed by atoms with E-state index in [0.717, 1.165) is 21.9 Å². The van der Waals surface area contributed by atoms with Gasteiger partial charge < -0.3 is 5.73 Å². The van der Waals surface area contributed by atoms with Gasteiger partial charge in [-0.05, 0) is 17.0 Å². The molecule has 0 spiro atoms. The molecule has 5 heteroatoms. The van der Waals surface area contributed by atoms with Gasteiger partial charge in [0.05, 0.1) is 14.7 Å². The Morgan fingerprint density at radius 1 is 1.11 bits per heavy atom. The summed E-state index contributed by atoms with van der Waals surface area (Å²) in [5.74, 6) is 0. The summed E-state index contributed by atoms with van der Waals surface area (Å²) in [5, 5.41) is 2.15. The first-order chi connectivity index (χ1) is 9.16. The van der Waals surface area contributed by atoms with Gasteiger partial charge in [0.1, 0.15) is 0 Å². The number of nitrogens with zero attached hydrogens (tertiary/aromatic N) is 1. The van der Waals surface area contributed by atoms with Gasteiger partial charge in [-0.1, -0.05) is 47.5 Å². The van der Waals surface area contributed by atoms with Gasteiger partial charge in [0.2, 0.25) is 0 Å². The molecule has 2 nitrogen and oxygen atoms in total. The lowest BCUT2D eigenvalue weighted by atomic mass is 9.98. The Morgan fingerprint density at radius 3 is 2.63 bits per heavy atom. The maximum atomic E-state index is 6.32. The van der Waals surface area contributed by atoms with Gasteiger partial charge >= 0.3 is 0 Å². The highest BCUT2D eigenvalue weighted by atomic mass is 35.5. The summed E-state index contributed by atoms with van der Waals surface area (Å²) in [4.78, 5) is 4.24. The number of thiophene rings is 1. The molecule has 1 unspecified atom stereocenters. The summed E-state index contributed by atoms with van der Waals surface area (Å²) >= 11 is 13.5. The molecule has 0 amide bonds. The first-order valence-electron chi connectivity index (χ1n) is 5.70. The molecule has 0 saturated heterocycles. The normalized spacial score (nSPS) is 12.8. The number of pyridine rings is 1. The molecule has 0 aliphatic carbocycles. The molecule has 0 fully saturated rings. The molecular weight excluding hydrogens is 299 g/mol. The van der Waals surface area contributed by atoms with Gasteiger partial charge in [-0.15, -0.1) is 11.3 Å². The molecule has 0 aliphatic rings. The third-order valence-corrected chi connectivity index (χ3v) is 4.57. The van der Waals surface area contributed by atoms with Crippen molar-refractivity contribution in [1.29, 1.82) is 0 Å². The van der Waals surface area contributed by atoms with Crippen LogP contribution in [-0.4, -0.2) is 4.98 Å². The highest BCUT2D eigenvalue weighted by molar-refractivity contribution is 7.20. The number of fused-ring (bicyclic) bond motifs is 1. The molecule has 2 heterocycles. The predicted octanol–water partition coefficient (Wildman–Crippen LogP) is 4.65. The third-order valence-electron chi connectivity index (χ3n) is 3.05. The standard InChI is InChI=1S/C14H10Cl2N2S/c15-12-5-10(14(16)19-12)13(17)11-7-18-6-8-3-1-2-4-9(8)11/h1-7,13H,17H2. The van der Waals surface area contributed by atoms with E-state index < -0.39 is 0 Å². The molecular formula is C14H10Cl2N2S. The zero-order valence-electron chi connectivity index (χ0n) is 9.81. The number of nitrogens with two attached hydrogens (primary N) is 1. The van der Waals surface area contributed by atoms with E-state index >= 15 is 0 Å². The van der Waals surface area contributed by atoms with Crippen LogP contribution in [0.2, 0.25) is 8.67 Å². The monoisotopic (exact) mass is 308 g/mol. The van der Waals surface area contributed by atoms with E-state index in [4.69, 9.17) is 28.9 Å². The highest BCUT2D eigenvalue weighted by Gasteiger charge is 2.17. The topological polar surface area (TPSA) is 38.9 Å². The lowest BCUT2D eigenvalue weighted by Crippen LogP contribution is -2.12. The van der Waals surface area contributed by atoms with Crippen molar-refractivity contribution in [3.05, 3.63) is 62.5 Å². The summed E-state index contributed by atoms with van der Waals surface area (Å²) in [6.45, 7) is 0. The van der Waals surface area contributed by atoms with Crippen LogP contribution in [-0.2, 0) is 0 Å². The van der Waals surface area contributed by atoms with Crippen LogP contribution in [0.25, 0.3) is 10.8 Å². The van der Waals surface area contributed by atoms with Crippen LogP contribution >= 0.6 is 34.5 Å². The molecule has 1 aromatic carbocycles. The van der Waals surface area contributed by atoms with Crippen molar-refractivity contribution in [2.75, 3.05) is 0 Å². The van der Waals surface area contributed by atoms with Gasteiger partial charge in [0.15, 0.2) is 0 Å². The zero-order valence-corrected chi connectivity index (χ0v) is 12.1. The number of halogens is 2. The van der Waals surface area contributed by atoms with Crippen molar-refractivity contribution in [1.82, 2.24) is 4.98 Å². The van der Waals surface area contributed by atoms with E-state index in [2.05, 4.69) is 4.98 Å². The van der Waals surface area contributed by atoms with Crippen molar-refractivity contribution in [2.24, 2.45) is 5.73 Å². The third kappa shape index (κ3) is 2.35. The van der Waals surface area contributed by atoms with Gasteiger partial charge in [0.25, 0.3) is 0 Å². The highest BCUT2D eigenvalue weighted by Crippen LogP contribution is 2.37. The van der Waals surface area contributed by atoms with Crippen LogP contribution in [0.3, 0.4) is 0 Å². The maximum Gasteiger partial charge on any atom is 0.0995 e.